The second kappa shape index (κ2) is 6.24. The van der Waals surface area contributed by atoms with Crippen molar-refractivity contribution < 1.29 is 13.2 Å². The Hall–Kier alpha value is -1.91. The Bertz CT molecular complexity index is 662. The first-order valence-electron chi connectivity index (χ1n) is 6.65. The minimum absolute atomic E-state index is 0.00534. The molecule has 1 aromatic carbocycles. The fraction of sp³-hybridized carbons (Fsp3) is 0.429. The van der Waals surface area contributed by atoms with Crippen LogP contribution in [0.1, 0.15) is 12.0 Å². The third-order valence-corrected chi connectivity index (χ3v) is 5.26. The Labute approximate surface area is 124 Å². The van der Waals surface area contributed by atoms with E-state index in [4.69, 9.17) is 5.26 Å². The average molecular weight is 307 g/mol. The van der Waals surface area contributed by atoms with Gasteiger partial charge in [-0.1, -0.05) is 0 Å². The van der Waals surface area contributed by atoms with Gasteiger partial charge in [-0.25, -0.2) is 8.42 Å². The molecule has 112 valence electrons. The van der Waals surface area contributed by atoms with Crippen LogP contribution in [0.2, 0.25) is 0 Å². The van der Waals surface area contributed by atoms with Crippen molar-refractivity contribution in [1.29, 1.82) is 5.26 Å². The van der Waals surface area contributed by atoms with Gasteiger partial charge in [0.05, 0.1) is 28.3 Å². The molecule has 1 amide bonds. The maximum Gasteiger partial charge on any atom is 0.239 e. The third kappa shape index (κ3) is 3.60. The smallest absolute Gasteiger partial charge is 0.239 e. The maximum atomic E-state index is 12.1. The Morgan fingerprint density at radius 2 is 2.05 bits per heavy atom. The summed E-state index contributed by atoms with van der Waals surface area (Å²) in [4.78, 5) is 13.5. The van der Waals surface area contributed by atoms with E-state index < -0.39 is 9.84 Å². The standard InChI is InChI=1S/C14H17N3O3S/c1-17-8-6-13(14(17)18)16-7-9-21(19,20)12-4-2-11(10-15)3-5-12/h2-5,13,16H,6-9H2,1H3. The number of rotatable bonds is 5. The molecule has 1 N–H and O–H groups in total. The van der Waals surface area contributed by atoms with Gasteiger partial charge in [0.2, 0.25) is 5.91 Å². The first-order chi connectivity index (χ1) is 9.94. The van der Waals surface area contributed by atoms with E-state index in [9.17, 15) is 13.2 Å². The van der Waals surface area contributed by atoms with Crippen LogP contribution in [0.25, 0.3) is 0 Å². The molecule has 1 aromatic rings. The van der Waals surface area contributed by atoms with Crippen LogP contribution in [-0.4, -0.2) is 51.2 Å². The van der Waals surface area contributed by atoms with Crippen molar-refractivity contribution in [2.45, 2.75) is 17.4 Å². The summed E-state index contributed by atoms with van der Waals surface area (Å²) in [7, 11) is -1.67. The molecule has 0 radical (unpaired) electrons. The number of nitriles is 1. The molecule has 2 rings (SSSR count). The van der Waals surface area contributed by atoms with Gasteiger partial charge in [0.25, 0.3) is 0 Å². The van der Waals surface area contributed by atoms with E-state index in [-0.39, 0.29) is 29.1 Å². The van der Waals surface area contributed by atoms with E-state index in [1.54, 1.807) is 11.9 Å². The number of likely N-dealkylation sites (tertiary alicyclic amines) is 1. The normalized spacial score (nSPS) is 18.8. The fourth-order valence-corrected chi connectivity index (χ4v) is 3.41. The van der Waals surface area contributed by atoms with E-state index in [2.05, 4.69) is 5.32 Å². The molecule has 0 aromatic heterocycles. The number of nitrogens with one attached hydrogen (secondary N) is 1. The number of sulfone groups is 1. The van der Waals surface area contributed by atoms with Gasteiger partial charge in [-0.2, -0.15) is 5.26 Å². The van der Waals surface area contributed by atoms with Gasteiger partial charge in [0, 0.05) is 20.1 Å². The second-order valence-electron chi connectivity index (χ2n) is 5.01. The largest absolute Gasteiger partial charge is 0.344 e. The molecule has 7 heteroatoms. The molecule has 6 nitrogen and oxygen atoms in total. The lowest BCUT2D eigenvalue weighted by atomic mass is 10.2. The van der Waals surface area contributed by atoms with Gasteiger partial charge >= 0.3 is 0 Å². The number of carbonyl (C=O) groups excluding carboxylic acids is 1. The van der Waals surface area contributed by atoms with Crippen molar-refractivity contribution in [3.05, 3.63) is 29.8 Å². The predicted octanol–water partition coefficient (Wildman–Crippen LogP) is 0.152. The summed E-state index contributed by atoms with van der Waals surface area (Å²) >= 11 is 0. The molecule has 0 spiro atoms. The highest BCUT2D eigenvalue weighted by Gasteiger charge is 2.28. The number of nitrogens with zero attached hydrogens (tertiary/aromatic N) is 2. The molecule has 0 saturated carbocycles. The summed E-state index contributed by atoms with van der Waals surface area (Å²) in [5.74, 6) is -0.0716. The van der Waals surface area contributed by atoms with Crippen LogP contribution in [0.5, 0.6) is 0 Å². The Morgan fingerprint density at radius 1 is 1.38 bits per heavy atom. The van der Waals surface area contributed by atoms with Crippen molar-refractivity contribution >= 4 is 15.7 Å². The van der Waals surface area contributed by atoms with Crippen LogP contribution in [0.15, 0.2) is 29.2 Å². The lowest BCUT2D eigenvalue weighted by Gasteiger charge is -2.12. The molecule has 0 bridgehead atoms. The van der Waals surface area contributed by atoms with Gasteiger partial charge in [-0.15, -0.1) is 0 Å². The third-order valence-electron chi connectivity index (χ3n) is 3.53. The van der Waals surface area contributed by atoms with Crippen molar-refractivity contribution in [2.24, 2.45) is 0 Å². The van der Waals surface area contributed by atoms with Gasteiger partial charge in [-0.05, 0) is 30.7 Å². The summed E-state index contributed by atoms with van der Waals surface area (Å²) in [5.41, 5.74) is 0.423. The first-order valence-corrected chi connectivity index (χ1v) is 8.30. The van der Waals surface area contributed by atoms with E-state index >= 15 is 0 Å². The number of benzene rings is 1. The number of hydrogen-bond donors (Lipinski definition) is 1. The summed E-state index contributed by atoms with van der Waals surface area (Å²) in [5, 5.41) is 11.7. The summed E-state index contributed by atoms with van der Waals surface area (Å²) in [6, 6.07) is 7.49. The van der Waals surface area contributed by atoms with E-state index in [1.807, 2.05) is 6.07 Å². The number of likely N-dealkylation sites (N-methyl/N-ethyl adjacent to an activating group) is 1. The van der Waals surface area contributed by atoms with Gasteiger partial charge in [-0.3, -0.25) is 4.79 Å². The predicted molar refractivity (Wildman–Crippen MR) is 77.3 cm³/mol. The maximum absolute atomic E-state index is 12.1. The molecule has 1 aliphatic rings. The Morgan fingerprint density at radius 3 is 2.57 bits per heavy atom. The highest BCUT2D eigenvalue weighted by Crippen LogP contribution is 2.12. The Balaban J connectivity index is 1.92. The number of carbonyl (C=O) groups is 1. The lowest BCUT2D eigenvalue weighted by molar-refractivity contribution is -0.128. The van der Waals surface area contributed by atoms with E-state index in [0.717, 1.165) is 0 Å². The molecule has 1 unspecified atom stereocenters. The van der Waals surface area contributed by atoms with Gasteiger partial charge in [0.1, 0.15) is 0 Å². The van der Waals surface area contributed by atoms with Crippen molar-refractivity contribution in [3.8, 4) is 6.07 Å². The van der Waals surface area contributed by atoms with Crippen LogP contribution < -0.4 is 5.32 Å². The minimum Gasteiger partial charge on any atom is -0.344 e. The molecule has 1 aliphatic heterocycles. The summed E-state index contributed by atoms with van der Waals surface area (Å²) in [6.45, 7) is 0.922. The van der Waals surface area contributed by atoms with Crippen molar-refractivity contribution in [2.75, 3.05) is 25.9 Å². The van der Waals surface area contributed by atoms with Crippen molar-refractivity contribution in [1.82, 2.24) is 10.2 Å². The summed E-state index contributed by atoms with van der Waals surface area (Å²) < 4.78 is 24.3. The van der Waals surface area contributed by atoms with Crippen LogP contribution >= 0.6 is 0 Å². The minimum atomic E-state index is -3.40. The SMILES string of the molecule is CN1CCC(NCCS(=O)(=O)c2ccc(C#N)cc2)C1=O. The Kier molecular flexibility index (Phi) is 4.60. The zero-order valence-electron chi connectivity index (χ0n) is 11.7. The fourth-order valence-electron chi connectivity index (χ4n) is 2.23. The first kappa shape index (κ1) is 15.5. The van der Waals surface area contributed by atoms with E-state index in [1.165, 1.54) is 24.3 Å². The second-order valence-corrected chi connectivity index (χ2v) is 7.12. The molecule has 1 atom stereocenters. The van der Waals surface area contributed by atoms with Crippen LogP contribution in [-0.2, 0) is 14.6 Å². The molecule has 1 heterocycles. The number of amides is 1. The van der Waals surface area contributed by atoms with Crippen LogP contribution in [0.3, 0.4) is 0 Å². The van der Waals surface area contributed by atoms with Crippen LogP contribution in [0, 0.1) is 11.3 Å². The summed E-state index contributed by atoms with van der Waals surface area (Å²) in [6.07, 6.45) is 0.701. The average Bonchev–Trinajstić information content (AvgIpc) is 2.79. The number of hydrogen-bond acceptors (Lipinski definition) is 5. The zero-order valence-corrected chi connectivity index (χ0v) is 12.6. The molecular formula is C14H17N3O3S. The van der Waals surface area contributed by atoms with Crippen LogP contribution in [0.4, 0.5) is 0 Å². The molecular weight excluding hydrogens is 290 g/mol. The molecule has 0 aliphatic carbocycles. The highest BCUT2D eigenvalue weighted by molar-refractivity contribution is 7.91. The van der Waals surface area contributed by atoms with Crippen molar-refractivity contribution in [3.63, 3.8) is 0 Å². The molecule has 1 saturated heterocycles. The molecule has 1 fully saturated rings. The lowest BCUT2D eigenvalue weighted by Crippen LogP contribution is -2.39. The monoisotopic (exact) mass is 307 g/mol. The van der Waals surface area contributed by atoms with Gasteiger partial charge < -0.3 is 10.2 Å². The highest BCUT2D eigenvalue weighted by atomic mass is 32.2. The topological polar surface area (TPSA) is 90.3 Å². The zero-order chi connectivity index (χ0) is 15.5. The van der Waals surface area contributed by atoms with Gasteiger partial charge in [0.15, 0.2) is 9.84 Å². The van der Waals surface area contributed by atoms with E-state index in [0.29, 0.717) is 18.5 Å². The molecule has 21 heavy (non-hydrogen) atoms. The quantitative estimate of drug-likeness (QED) is 0.836.